The van der Waals surface area contributed by atoms with Gasteiger partial charge in [0.1, 0.15) is 0 Å². The van der Waals surface area contributed by atoms with Crippen molar-refractivity contribution >= 4 is 11.9 Å². The summed E-state index contributed by atoms with van der Waals surface area (Å²) in [5.41, 5.74) is 1.39. The third kappa shape index (κ3) is 5.28. The summed E-state index contributed by atoms with van der Waals surface area (Å²) < 4.78 is 9.63. The lowest BCUT2D eigenvalue weighted by Gasteiger charge is -2.14. The van der Waals surface area contributed by atoms with Crippen LogP contribution >= 0.6 is 0 Å². The number of hydrogen-bond donors (Lipinski definition) is 1. The van der Waals surface area contributed by atoms with E-state index in [-0.39, 0.29) is 5.57 Å². The van der Waals surface area contributed by atoms with Gasteiger partial charge < -0.3 is 14.6 Å². The van der Waals surface area contributed by atoms with Gasteiger partial charge in [-0.2, -0.15) is 0 Å². The van der Waals surface area contributed by atoms with Crippen molar-refractivity contribution in [2.45, 2.75) is 38.6 Å². The minimum atomic E-state index is -1.41. The van der Waals surface area contributed by atoms with Crippen LogP contribution in [-0.2, 0) is 25.5 Å². The first-order valence-corrected chi connectivity index (χ1v) is 7.36. The first-order valence-electron chi connectivity index (χ1n) is 7.36. The summed E-state index contributed by atoms with van der Waals surface area (Å²) >= 11 is 0. The van der Waals surface area contributed by atoms with E-state index in [2.05, 4.69) is 28.7 Å². The van der Waals surface area contributed by atoms with Gasteiger partial charge in [-0.1, -0.05) is 42.2 Å². The van der Waals surface area contributed by atoms with E-state index in [4.69, 9.17) is 4.74 Å². The molecule has 0 saturated carbocycles. The maximum absolute atomic E-state index is 11.1. The number of aliphatic hydroxyl groups excluding tert-OH is 1. The molecule has 0 bridgehead atoms. The van der Waals surface area contributed by atoms with Gasteiger partial charge in [0.2, 0.25) is 6.29 Å². The number of esters is 2. The van der Waals surface area contributed by atoms with Crippen LogP contribution in [0.3, 0.4) is 0 Å². The van der Waals surface area contributed by atoms with E-state index < -0.39 is 24.3 Å². The van der Waals surface area contributed by atoms with E-state index in [1.54, 1.807) is 0 Å². The summed E-state index contributed by atoms with van der Waals surface area (Å²) in [6.07, 6.45) is 1.11. The quantitative estimate of drug-likeness (QED) is 0.509. The Morgan fingerprint density at radius 1 is 1.39 bits per heavy atom. The molecule has 0 aliphatic carbocycles. The number of aryl methyl sites for hydroxylation is 1. The average Bonchev–Trinajstić information content (AvgIpc) is 2.85. The highest BCUT2D eigenvalue weighted by Gasteiger charge is 2.31. The molecule has 120 valence electrons. The second kappa shape index (κ2) is 8.16. The molecule has 2 rings (SSSR count). The number of aliphatic hydroxyl groups is 1. The van der Waals surface area contributed by atoms with E-state index in [1.807, 2.05) is 18.2 Å². The number of carbonyl (C=O) groups excluding carboxylic acids is 2. The predicted octanol–water partition coefficient (Wildman–Crippen LogP) is 1.75. The zero-order valence-corrected chi connectivity index (χ0v) is 12.8. The third-order valence-electron chi connectivity index (χ3n) is 3.23. The van der Waals surface area contributed by atoms with E-state index in [9.17, 15) is 14.7 Å². The maximum Gasteiger partial charge on any atom is 0.333 e. The van der Waals surface area contributed by atoms with Crippen LogP contribution in [0.5, 0.6) is 0 Å². The summed E-state index contributed by atoms with van der Waals surface area (Å²) in [4.78, 5) is 22.3. The van der Waals surface area contributed by atoms with Crippen LogP contribution in [0, 0.1) is 11.8 Å². The highest BCUT2D eigenvalue weighted by Crippen LogP contribution is 2.19. The number of unbranched alkanes of at least 4 members (excludes halogenated alkanes) is 1. The van der Waals surface area contributed by atoms with Crippen molar-refractivity contribution in [3.8, 4) is 11.8 Å². The topological polar surface area (TPSA) is 72.8 Å². The second-order valence-electron chi connectivity index (χ2n) is 5.08. The molecule has 0 spiro atoms. The summed E-state index contributed by atoms with van der Waals surface area (Å²) in [7, 11) is 0. The molecule has 5 heteroatoms. The Kier molecular flexibility index (Phi) is 5.95. The van der Waals surface area contributed by atoms with Crippen LogP contribution in [0.15, 0.2) is 42.0 Å². The fraction of sp³-hybridized carbons (Fsp3) is 0.333. The van der Waals surface area contributed by atoms with Crippen LogP contribution in [0.4, 0.5) is 0 Å². The molecule has 5 nitrogen and oxygen atoms in total. The lowest BCUT2D eigenvalue weighted by molar-refractivity contribution is -0.152. The Morgan fingerprint density at radius 3 is 2.74 bits per heavy atom. The first kappa shape index (κ1) is 16.8. The monoisotopic (exact) mass is 314 g/mol. The van der Waals surface area contributed by atoms with E-state index in [1.165, 1.54) is 12.5 Å². The van der Waals surface area contributed by atoms with E-state index in [0.717, 1.165) is 18.9 Å². The van der Waals surface area contributed by atoms with Crippen molar-refractivity contribution in [1.29, 1.82) is 0 Å². The number of rotatable bonds is 5. The van der Waals surface area contributed by atoms with Gasteiger partial charge >= 0.3 is 11.9 Å². The molecule has 23 heavy (non-hydrogen) atoms. The maximum atomic E-state index is 11.1. The van der Waals surface area contributed by atoms with Crippen molar-refractivity contribution < 1.29 is 24.2 Å². The van der Waals surface area contributed by atoms with Gasteiger partial charge in [-0.05, 0) is 18.4 Å². The van der Waals surface area contributed by atoms with Crippen molar-refractivity contribution in [3.05, 3.63) is 47.5 Å². The number of hydrogen-bond acceptors (Lipinski definition) is 5. The highest BCUT2D eigenvalue weighted by atomic mass is 16.6. The fourth-order valence-corrected chi connectivity index (χ4v) is 2.16. The van der Waals surface area contributed by atoms with E-state index >= 15 is 0 Å². The van der Waals surface area contributed by atoms with Crippen LogP contribution in [-0.4, -0.2) is 29.4 Å². The number of cyclic esters (lactones) is 1. The number of benzene rings is 1. The van der Waals surface area contributed by atoms with Crippen molar-refractivity contribution in [2.75, 3.05) is 0 Å². The molecular formula is C18H18O5. The first-order chi connectivity index (χ1) is 11.1. The molecule has 2 unspecified atom stereocenters. The molecule has 1 aromatic rings. The molecule has 1 aromatic carbocycles. The van der Waals surface area contributed by atoms with Crippen LogP contribution in [0.25, 0.3) is 0 Å². The Labute approximate surface area is 134 Å². The Bertz CT molecular complexity index is 651. The molecule has 2 atom stereocenters. The van der Waals surface area contributed by atoms with Crippen molar-refractivity contribution in [1.82, 2.24) is 0 Å². The lowest BCUT2D eigenvalue weighted by atomic mass is 10.1. The molecule has 1 N–H and O–H groups in total. The number of ether oxygens (including phenoxy) is 2. The second-order valence-corrected chi connectivity index (χ2v) is 5.08. The smallest absolute Gasteiger partial charge is 0.333 e. The minimum Gasteiger partial charge on any atom is -0.444 e. The summed E-state index contributed by atoms with van der Waals surface area (Å²) in [6.45, 7) is 1.24. The normalized spacial score (nSPS) is 17.6. The molecule has 1 aliphatic rings. The fourth-order valence-electron chi connectivity index (χ4n) is 2.16. The van der Waals surface area contributed by atoms with Crippen molar-refractivity contribution in [3.63, 3.8) is 0 Å². The van der Waals surface area contributed by atoms with Crippen LogP contribution < -0.4 is 0 Å². The summed E-state index contributed by atoms with van der Waals surface area (Å²) in [5, 5.41) is 9.62. The van der Waals surface area contributed by atoms with Gasteiger partial charge in [0.05, 0.1) is 5.57 Å². The molecule has 1 aliphatic heterocycles. The molecule has 0 amide bonds. The van der Waals surface area contributed by atoms with Crippen LogP contribution in [0.2, 0.25) is 0 Å². The lowest BCUT2D eigenvalue weighted by Crippen LogP contribution is -2.24. The van der Waals surface area contributed by atoms with Gasteiger partial charge in [0, 0.05) is 19.4 Å². The molecule has 0 radical (unpaired) electrons. The zero-order valence-electron chi connectivity index (χ0n) is 12.8. The van der Waals surface area contributed by atoms with Gasteiger partial charge in [-0.25, -0.2) is 4.79 Å². The Balaban J connectivity index is 1.92. The van der Waals surface area contributed by atoms with Gasteiger partial charge in [0.15, 0.2) is 6.10 Å². The van der Waals surface area contributed by atoms with Gasteiger partial charge in [-0.3, -0.25) is 4.79 Å². The average molecular weight is 314 g/mol. The Morgan fingerprint density at radius 2 is 2.13 bits per heavy atom. The van der Waals surface area contributed by atoms with E-state index in [0.29, 0.717) is 6.42 Å². The zero-order chi connectivity index (χ0) is 16.7. The van der Waals surface area contributed by atoms with Crippen LogP contribution in [0.1, 0.15) is 25.3 Å². The highest BCUT2D eigenvalue weighted by molar-refractivity contribution is 5.86. The Hall–Kier alpha value is -2.58. The molecule has 0 aromatic heterocycles. The third-order valence-corrected chi connectivity index (χ3v) is 3.23. The minimum absolute atomic E-state index is 0.153. The number of carbonyl (C=O) groups is 2. The van der Waals surface area contributed by atoms with Gasteiger partial charge in [-0.15, -0.1) is 0 Å². The van der Waals surface area contributed by atoms with Crippen molar-refractivity contribution in [2.24, 2.45) is 0 Å². The molecule has 1 heterocycles. The molecular weight excluding hydrogens is 296 g/mol. The molecule has 0 saturated heterocycles. The standard InChI is InChI=1S/C18H18O5/c1-13(19)22-16(15-12-17(20)23-18(15)21)11-7-3-6-10-14-8-4-2-5-9-14/h2,4-5,8-9,12,16,18,21H,3,6,10H2,1H3. The summed E-state index contributed by atoms with van der Waals surface area (Å²) in [5.74, 6) is 4.49. The SMILES string of the molecule is CC(=O)OC(C#CCCCc1ccccc1)C1=CC(=O)OC1O. The summed E-state index contributed by atoms with van der Waals surface area (Å²) in [6, 6.07) is 10.1. The van der Waals surface area contributed by atoms with Gasteiger partial charge in [0.25, 0.3) is 0 Å². The largest absolute Gasteiger partial charge is 0.444 e. The molecule has 0 fully saturated rings. The predicted molar refractivity (Wildman–Crippen MR) is 82.9 cm³/mol.